The molecular formula is C17H13Cl2N5O. The number of carbonyl (C=O) groups is 1. The van der Waals surface area contributed by atoms with Gasteiger partial charge in [0.2, 0.25) is 0 Å². The van der Waals surface area contributed by atoms with E-state index in [1.54, 1.807) is 24.4 Å². The fourth-order valence-corrected chi connectivity index (χ4v) is 3.11. The summed E-state index contributed by atoms with van der Waals surface area (Å²) in [6.45, 7) is 0.503. The molecule has 0 fully saturated rings. The SMILES string of the molecule is O=C1NCCC(=NNc2ccc(Cl)nc2)c2c1[nH]c1ccc(Cl)cc21. The summed E-state index contributed by atoms with van der Waals surface area (Å²) >= 11 is 11.9. The third-order valence-electron chi connectivity index (χ3n) is 3.97. The number of fused-ring (bicyclic) bond motifs is 3. The molecular weight excluding hydrogens is 361 g/mol. The highest BCUT2D eigenvalue weighted by Gasteiger charge is 2.25. The lowest BCUT2D eigenvalue weighted by molar-refractivity contribution is 0.0952. The first-order chi connectivity index (χ1) is 12.1. The second-order valence-electron chi connectivity index (χ2n) is 5.61. The molecule has 0 atom stereocenters. The predicted octanol–water partition coefficient (Wildman–Crippen LogP) is 3.82. The van der Waals surface area contributed by atoms with Gasteiger partial charge in [-0.25, -0.2) is 4.98 Å². The number of H-pyrrole nitrogens is 1. The molecule has 1 amide bonds. The zero-order valence-corrected chi connectivity index (χ0v) is 14.4. The van der Waals surface area contributed by atoms with Gasteiger partial charge in [0.1, 0.15) is 10.8 Å². The summed E-state index contributed by atoms with van der Waals surface area (Å²) in [5.74, 6) is -0.152. The minimum absolute atomic E-state index is 0.152. The van der Waals surface area contributed by atoms with Crippen molar-refractivity contribution in [1.29, 1.82) is 0 Å². The van der Waals surface area contributed by atoms with Crippen LogP contribution in [-0.4, -0.2) is 28.1 Å². The monoisotopic (exact) mass is 373 g/mol. The number of amides is 1. The highest BCUT2D eigenvalue weighted by Crippen LogP contribution is 2.28. The molecule has 0 radical (unpaired) electrons. The summed E-state index contributed by atoms with van der Waals surface area (Å²) in [5, 5.41) is 9.26. The van der Waals surface area contributed by atoms with E-state index in [1.807, 2.05) is 12.1 Å². The average Bonchev–Trinajstić information content (AvgIpc) is 2.90. The molecule has 0 saturated carbocycles. The molecule has 2 aromatic heterocycles. The van der Waals surface area contributed by atoms with E-state index in [1.165, 1.54) is 0 Å². The van der Waals surface area contributed by atoms with Gasteiger partial charge in [0.05, 0.1) is 17.6 Å². The molecule has 1 aliphatic rings. The van der Waals surface area contributed by atoms with Crippen LogP contribution in [-0.2, 0) is 0 Å². The Morgan fingerprint density at radius 3 is 2.88 bits per heavy atom. The van der Waals surface area contributed by atoms with Crippen LogP contribution in [0.2, 0.25) is 10.2 Å². The van der Waals surface area contributed by atoms with Gasteiger partial charge in [-0.1, -0.05) is 23.2 Å². The molecule has 126 valence electrons. The fraction of sp³-hybridized carbons (Fsp3) is 0.118. The molecule has 3 aromatic rings. The van der Waals surface area contributed by atoms with Crippen molar-refractivity contribution >= 4 is 51.4 Å². The van der Waals surface area contributed by atoms with Gasteiger partial charge >= 0.3 is 0 Å². The van der Waals surface area contributed by atoms with Gasteiger partial charge in [-0.15, -0.1) is 0 Å². The molecule has 25 heavy (non-hydrogen) atoms. The largest absolute Gasteiger partial charge is 0.350 e. The van der Waals surface area contributed by atoms with E-state index in [-0.39, 0.29) is 5.91 Å². The fourth-order valence-electron chi connectivity index (χ4n) is 2.83. The number of nitrogens with zero attached hydrogens (tertiary/aromatic N) is 2. The highest BCUT2D eigenvalue weighted by atomic mass is 35.5. The second-order valence-corrected chi connectivity index (χ2v) is 6.43. The van der Waals surface area contributed by atoms with Crippen molar-refractivity contribution in [3.05, 3.63) is 58.0 Å². The van der Waals surface area contributed by atoms with Crippen LogP contribution < -0.4 is 10.7 Å². The minimum atomic E-state index is -0.152. The van der Waals surface area contributed by atoms with Crippen LogP contribution in [0.25, 0.3) is 10.9 Å². The Balaban J connectivity index is 1.81. The lowest BCUT2D eigenvalue weighted by Gasteiger charge is -2.06. The summed E-state index contributed by atoms with van der Waals surface area (Å²) < 4.78 is 0. The van der Waals surface area contributed by atoms with Crippen molar-refractivity contribution < 1.29 is 4.79 Å². The van der Waals surface area contributed by atoms with Crippen LogP contribution in [0, 0.1) is 0 Å². The van der Waals surface area contributed by atoms with Crippen LogP contribution in [0.1, 0.15) is 22.5 Å². The van der Waals surface area contributed by atoms with E-state index < -0.39 is 0 Å². The van der Waals surface area contributed by atoms with Crippen molar-refractivity contribution in [3.8, 4) is 0 Å². The first-order valence-corrected chi connectivity index (χ1v) is 8.41. The van der Waals surface area contributed by atoms with Crippen LogP contribution in [0.5, 0.6) is 0 Å². The molecule has 1 aromatic carbocycles. The number of anilines is 1. The molecule has 0 aliphatic carbocycles. The summed E-state index contributed by atoms with van der Waals surface area (Å²) in [7, 11) is 0. The Bertz CT molecular complexity index is 994. The van der Waals surface area contributed by atoms with E-state index in [9.17, 15) is 4.79 Å². The Hall–Kier alpha value is -2.57. The van der Waals surface area contributed by atoms with E-state index >= 15 is 0 Å². The molecule has 1 aliphatic heterocycles. The molecule has 0 spiro atoms. The number of pyridine rings is 1. The van der Waals surface area contributed by atoms with Crippen LogP contribution in [0.3, 0.4) is 0 Å². The Kier molecular flexibility index (Phi) is 4.07. The standard InChI is InChI=1S/C17H13Cl2N5O/c18-9-1-3-12-11(7-9)15-13(5-6-20-17(25)16(15)22-12)24-23-10-2-4-14(19)21-8-10/h1-4,7-8,22-23H,5-6H2,(H,20,25). The summed E-state index contributed by atoms with van der Waals surface area (Å²) in [5.41, 5.74) is 6.54. The van der Waals surface area contributed by atoms with Gasteiger partial charge in [0.15, 0.2) is 0 Å². The number of aromatic amines is 1. The third kappa shape index (κ3) is 3.06. The lowest BCUT2D eigenvalue weighted by atomic mass is 10.0. The van der Waals surface area contributed by atoms with Gasteiger partial charge in [0.25, 0.3) is 5.91 Å². The number of aromatic nitrogens is 2. The maximum atomic E-state index is 12.3. The van der Waals surface area contributed by atoms with E-state index in [2.05, 4.69) is 25.8 Å². The van der Waals surface area contributed by atoms with Crippen molar-refractivity contribution in [2.24, 2.45) is 5.10 Å². The van der Waals surface area contributed by atoms with Crippen molar-refractivity contribution in [1.82, 2.24) is 15.3 Å². The zero-order valence-electron chi connectivity index (χ0n) is 12.9. The lowest BCUT2D eigenvalue weighted by Crippen LogP contribution is -2.23. The smallest absolute Gasteiger partial charge is 0.268 e. The summed E-state index contributed by atoms with van der Waals surface area (Å²) in [6.07, 6.45) is 2.19. The number of carbonyl (C=O) groups excluding carboxylic acids is 1. The number of nitrogens with one attached hydrogen (secondary N) is 3. The highest BCUT2D eigenvalue weighted by molar-refractivity contribution is 6.32. The van der Waals surface area contributed by atoms with Gasteiger partial charge in [-0.3, -0.25) is 10.2 Å². The first kappa shape index (κ1) is 15.9. The topological polar surface area (TPSA) is 82.2 Å². The van der Waals surface area contributed by atoms with Gasteiger partial charge < -0.3 is 10.3 Å². The number of hydrogen-bond donors (Lipinski definition) is 3. The number of hydrogen-bond acceptors (Lipinski definition) is 4. The maximum absolute atomic E-state index is 12.3. The third-order valence-corrected chi connectivity index (χ3v) is 4.43. The molecule has 6 nitrogen and oxygen atoms in total. The number of benzene rings is 1. The van der Waals surface area contributed by atoms with Crippen LogP contribution in [0.15, 0.2) is 41.6 Å². The van der Waals surface area contributed by atoms with Crippen LogP contribution >= 0.6 is 23.2 Å². The Morgan fingerprint density at radius 2 is 2.08 bits per heavy atom. The van der Waals surface area contributed by atoms with Crippen molar-refractivity contribution in [3.63, 3.8) is 0 Å². The molecule has 8 heteroatoms. The number of hydrazone groups is 1. The Labute approximate surface area is 153 Å². The number of rotatable bonds is 2. The normalized spacial score (nSPS) is 15.8. The zero-order chi connectivity index (χ0) is 17.4. The van der Waals surface area contributed by atoms with E-state index in [0.29, 0.717) is 34.5 Å². The first-order valence-electron chi connectivity index (χ1n) is 7.66. The van der Waals surface area contributed by atoms with Crippen molar-refractivity contribution in [2.75, 3.05) is 12.0 Å². The quantitative estimate of drug-likeness (QED) is 0.471. The molecule has 0 bridgehead atoms. The predicted molar refractivity (Wildman–Crippen MR) is 99.7 cm³/mol. The molecule has 4 rings (SSSR count). The average molecular weight is 374 g/mol. The molecule has 0 saturated heterocycles. The van der Waals surface area contributed by atoms with E-state index in [4.69, 9.17) is 23.2 Å². The van der Waals surface area contributed by atoms with Gasteiger partial charge in [0, 0.05) is 34.5 Å². The minimum Gasteiger partial charge on any atom is -0.350 e. The second kappa shape index (κ2) is 6.38. The van der Waals surface area contributed by atoms with E-state index in [0.717, 1.165) is 22.2 Å². The van der Waals surface area contributed by atoms with Gasteiger partial charge in [-0.05, 0) is 30.3 Å². The molecule has 3 N–H and O–H groups in total. The maximum Gasteiger partial charge on any atom is 0.268 e. The van der Waals surface area contributed by atoms with Gasteiger partial charge in [-0.2, -0.15) is 5.10 Å². The molecule has 0 unspecified atom stereocenters. The summed E-state index contributed by atoms with van der Waals surface area (Å²) in [4.78, 5) is 19.5. The summed E-state index contributed by atoms with van der Waals surface area (Å²) in [6, 6.07) is 8.94. The van der Waals surface area contributed by atoms with Crippen molar-refractivity contribution in [2.45, 2.75) is 6.42 Å². The van der Waals surface area contributed by atoms with Crippen LogP contribution in [0.4, 0.5) is 5.69 Å². The number of halogens is 2. The Morgan fingerprint density at radius 1 is 1.20 bits per heavy atom. The molecule has 3 heterocycles.